The van der Waals surface area contributed by atoms with Crippen molar-refractivity contribution < 1.29 is 23.2 Å². The molecule has 30 heavy (non-hydrogen) atoms. The van der Waals surface area contributed by atoms with Gasteiger partial charge in [0.1, 0.15) is 0 Å². The number of nitrogens with one attached hydrogen (secondary N) is 2. The molecule has 0 spiro atoms. The molecule has 0 aromatic heterocycles. The average Bonchev–Trinajstić information content (AvgIpc) is 3.44. The summed E-state index contributed by atoms with van der Waals surface area (Å²) in [6.07, 6.45) is 3.05. The standard InChI is InChI=1S/C21H26F2N4O3/c1-13-10-18(28)25-16-11-15(19(29)24-8-6-14-2-3-14)4-5-17(16)27(13)20(30)26-9-7-21(22,23)12-26/h4-5,11,13-14H,2-3,6-10,12H2,1H3,(H,24,29)(H,25,28). The number of halogens is 2. The number of carbonyl (C=O) groups excluding carboxylic acids is 3. The molecule has 4 rings (SSSR count). The number of urea groups is 1. The molecule has 1 unspecified atom stereocenters. The monoisotopic (exact) mass is 420 g/mol. The maximum absolute atomic E-state index is 13.6. The summed E-state index contributed by atoms with van der Waals surface area (Å²) < 4.78 is 27.3. The van der Waals surface area contributed by atoms with E-state index in [0.29, 0.717) is 29.4 Å². The Bertz CT molecular complexity index is 872. The lowest BCUT2D eigenvalue weighted by Gasteiger charge is -2.32. The predicted molar refractivity (Wildman–Crippen MR) is 108 cm³/mol. The van der Waals surface area contributed by atoms with Gasteiger partial charge in [-0.15, -0.1) is 0 Å². The van der Waals surface area contributed by atoms with Gasteiger partial charge < -0.3 is 15.5 Å². The molecule has 1 aliphatic carbocycles. The zero-order valence-electron chi connectivity index (χ0n) is 16.9. The summed E-state index contributed by atoms with van der Waals surface area (Å²) in [6, 6.07) is 3.66. The third-order valence-corrected chi connectivity index (χ3v) is 5.90. The van der Waals surface area contributed by atoms with Crippen molar-refractivity contribution in [2.24, 2.45) is 5.92 Å². The zero-order valence-corrected chi connectivity index (χ0v) is 16.9. The van der Waals surface area contributed by atoms with Crippen molar-refractivity contribution in [1.29, 1.82) is 0 Å². The third kappa shape index (κ3) is 4.39. The van der Waals surface area contributed by atoms with Crippen molar-refractivity contribution >= 4 is 29.2 Å². The molecule has 2 N–H and O–H groups in total. The summed E-state index contributed by atoms with van der Waals surface area (Å²) in [5.74, 6) is -2.74. The first-order chi connectivity index (χ1) is 14.2. The molecular weight excluding hydrogens is 394 g/mol. The molecule has 2 aliphatic heterocycles. The lowest BCUT2D eigenvalue weighted by molar-refractivity contribution is -0.116. The van der Waals surface area contributed by atoms with Gasteiger partial charge in [0.25, 0.3) is 11.8 Å². The van der Waals surface area contributed by atoms with E-state index in [9.17, 15) is 23.2 Å². The fourth-order valence-corrected chi connectivity index (χ4v) is 4.03. The molecule has 1 saturated carbocycles. The molecule has 0 bridgehead atoms. The van der Waals surface area contributed by atoms with E-state index in [2.05, 4.69) is 10.6 Å². The van der Waals surface area contributed by atoms with Crippen LogP contribution in [0.1, 0.15) is 49.4 Å². The van der Waals surface area contributed by atoms with Gasteiger partial charge in [0.05, 0.1) is 17.9 Å². The molecule has 1 saturated heterocycles. The van der Waals surface area contributed by atoms with E-state index in [0.717, 1.165) is 11.3 Å². The Morgan fingerprint density at radius 1 is 1.30 bits per heavy atom. The summed E-state index contributed by atoms with van der Waals surface area (Å²) in [7, 11) is 0. The number of nitrogens with zero attached hydrogens (tertiary/aromatic N) is 2. The summed E-state index contributed by atoms with van der Waals surface area (Å²) in [4.78, 5) is 40.3. The first-order valence-corrected chi connectivity index (χ1v) is 10.4. The average molecular weight is 420 g/mol. The molecule has 1 aromatic carbocycles. The number of amides is 4. The molecule has 1 aromatic rings. The van der Waals surface area contributed by atoms with Crippen molar-refractivity contribution in [2.75, 3.05) is 29.9 Å². The number of benzene rings is 1. The van der Waals surface area contributed by atoms with E-state index in [1.165, 1.54) is 23.8 Å². The molecule has 162 valence electrons. The number of likely N-dealkylation sites (tertiary alicyclic amines) is 1. The van der Waals surface area contributed by atoms with Gasteiger partial charge in [0.15, 0.2) is 0 Å². The van der Waals surface area contributed by atoms with Crippen LogP contribution in [0.5, 0.6) is 0 Å². The highest BCUT2D eigenvalue weighted by molar-refractivity contribution is 6.06. The van der Waals surface area contributed by atoms with E-state index in [4.69, 9.17) is 0 Å². The minimum absolute atomic E-state index is 0.0345. The Labute approximate surface area is 173 Å². The Morgan fingerprint density at radius 2 is 2.07 bits per heavy atom. The summed E-state index contributed by atoms with van der Waals surface area (Å²) in [6.45, 7) is 1.64. The first kappa shape index (κ1) is 20.6. The molecule has 0 radical (unpaired) electrons. The molecule has 9 heteroatoms. The van der Waals surface area contributed by atoms with E-state index in [-0.39, 0.29) is 31.2 Å². The van der Waals surface area contributed by atoms with Crippen molar-refractivity contribution in [3.05, 3.63) is 23.8 Å². The van der Waals surface area contributed by atoms with E-state index >= 15 is 0 Å². The molecule has 1 atom stereocenters. The van der Waals surface area contributed by atoms with Crippen LogP contribution in [0, 0.1) is 5.92 Å². The van der Waals surface area contributed by atoms with Crippen LogP contribution < -0.4 is 15.5 Å². The Kier molecular flexibility index (Phi) is 5.38. The van der Waals surface area contributed by atoms with Crippen LogP contribution in [0.4, 0.5) is 25.0 Å². The van der Waals surface area contributed by atoms with Gasteiger partial charge >= 0.3 is 6.03 Å². The maximum atomic E-state index is 13.6. The highest BCUT2D eigenvalue weighted by Crippen LogP contribution is 2.35. The van der Waals surface area contributed by atoms with Crippen LogP contribution in [-0.4, -0.2) is 54.3 Å². The lowest BCUT2D eigenvalue weighted by atomic mass is 10.1. The number of anilines is 2. The van der Waals surface area contributed by atoms with E-state index < -0.39 is 24.5 Å². The minimum atomic E-state index is -2.90. The van der Waals surface area contributed by atoms with E-state index in [1.807, 2.05) is 0 Å². The SMILES string of the molecule is CC1CC(=O)Nc2cc(C(=O)NCCC3CC3)ccc2N1C(=O)N1CCC(F)(F)C1. The number of alkyl halides is 2. The van der Waals surface area contributed by atoms with Crippen molar-refractivity contribution in [2.45, 2.75) is 51.0 Å². The van der Waals surface area contributed by atoms with Crippen LogP contribution in [-0.2, 0) is 4.79 Å². The topological polar surface area (TPSA) is 81.8 Å². The van der Waals surface area contributed by atoms with Crippen molar-refractivity contribution in [1.82, 2.24) is 10.2 Å². The largest absolute Gasteiger partial charge is 0.352 e. The zero-order chi connectivity index (χ0) is 21.5. The Hall–Kier alpha value is -2.71. The van der Waals surface area contributed by atoms with Crippen LogP contribution in [0.25, 0.3) is 0 Å². The van der Waals surface area contributed by atoms with Crippen LogP contribution in [0.15, 0.2) is 18.2 Å². The van der Waals surface area contributed by atoms with Gasteiger partial charge in [-0.25, -0.2) is 13.6 Å². The Balaban J connectivity index is 1.56. The highest BCUT2D eigenvalue weighted by Gasteiger charge is 2.43. The smallest absolute Gasteiger partial charge is 0.325 e. The minimum Gasteiger partial charge on any atom is -0.352 e. The number of carbonyl (C=O) groups is 3. The maximum Gasteiger partial charge on any atom is 0.325 e. The third-order valence-electron chi connectivity index (χ3n) is 5.90. The molecule has 2 heterocycles. The van der Waals surface area contributed by atoms with Gasteiger partial charge in [-0.3, -0.25) is 14.5 Å². The normalized spacial score (nSPS) is 22.9. The second kappa shape index (κ2) is 7.85. The summed E-state index contributed by atoms with van der Waals surface area (Å²) in [5.41, 5.74) is 1.11. The predicted octanol–water partition coefficient (Wildman–Crippen LogP) is 3.21. The number of fused-ring (bicyclic) bond motifs is 1. The molecule has 4 amide bonds. The molecule has 3 aliphatic rings. The van der Waals surface area contributed by atoms with E-state index in [1.54, 1.807) is 19.1 Å². The summed E-state index contributed by atoms with van der Waals surface area (Å²) >= 11 is 0. The van der Waals surface area contributed by atoms with Crippen molar-refractivity contribution in [3.8, 4) is 0 Å². The second-order valence-corrected chi connectivity index (χ2v) is 8.50. The summed E-state index contributed by atoms with van der Waals surface area (Å²) in [5, 5.41) is 5.62. The molecule has 7 nitrogen and oxygen atoms in total. The van der Waals surface area contributed by atoms with Gasteiger partial charge in [-0.1, -0.05) is 12.8 Å². The van der Waals surface area contributed by atoms with Crippen LogP contribution in [0.2, 0.25) is 0 Å². The quantitative estimate of drug-likeness (QED) is 0.785. The van der Waals surface area contributed by atoms with Gasteiger partial charge in [0, 0.05) is 37.5 Å². The second-order valence-electron chi connectivity index (χ2n) is 8.50. The highest BCUT2D eigenvalue weighted by atomic mass is 19.3. The van der Waals surface area contributed by atoms with Gasteiger partial charge in [-0.2, -0.15) is 0 Å². The number of rotatable bonds is 4. The van der Waals surface area contributed by atoms with Crippen LogP contribution >= 0.6 is 0 Å². The molecule has 2 fully saturated rings. The van der Waals surface area contributed by atoms with Crippen molar-refractivity contribution in [3.63, 3.8) is 0 Å². The number of hydrogen-bond donors (Lipinski definition) is 2. The Morgan fingerprint density at radius 3 is 2.73 bits per heavy atom. The number of hydrogen-bond acceptors (Lipinski definition) is 3. The first-order valence-electron chi connectivity index (χ1n) is 10.4. The van der Waals surface area contributed by atoms with Gasteiger partial charge in [-0.05, 0) is 37.5 Å². The van der Waals surface area contributed by atoms with Gasteiger partial charge in [0.2, 0.25) is 5.91 Å². The lowest BCUT2D eigenvalue weighted by Crippen LogP contribution is -2.47. The van der Waals surface area contributed by atoms with Crippen LogP contribution in [0.3, 0.4) is 0 Å². The molecular formula is C21H26F2N4O3. The fourth-order valence-electron chi connectivity index (χ4n) is 4.03. The fraction of sp³-hybridized carbons (Fsp3) is 0.571.